The fourth-order valence-corrected chi connectivity index (χ4v) is 4.91. The first-order valence-electron chi connectivity index (χ1n) is 13.4. The van der Waals surface area contributed by atoms with E-state index in [0.717, 1.165) is 16.8 Å². The van der Waals surface area contributed by atoms with E-state index in [2.05, 4.69) is 26.1 Å². The van der Waals surface area contributed by atoms with E-state index in [-0.39, 0.29) is 42.5 Å². The molecule has 0 spiro atoms. The average molecular weight is 539 g/mol. The number of anilines is 1. The zero-order chi connectivity index (χ0) is 28.9. The summed E-state index contributed by atoms with van der Waals surface area (Å²) in [5.74, 6) is 1.32. The number of rotatable bonds is 12. The fraction of sp³-hybridized carbons (Fsp3) is 0.500. The quantitative estimate of drug-likeness (QED) is 0.354. The van der Waals surface area contributed by atoms with Gasteiger partial charge in [0.05, 0.1) is 39.0 Å². The van der Waals surface area contributed by atoms with E-state index in [1.54, 1.807) is 19.1 Å². The number of likely N-dealkylation sites (N-methyl/N-ethyl adjacent to an activating group) is 2. The van der Waals surface area contributed by atoms with Crippen LogP contribution in [0.2, 0.25) is 0 Å². The molecule has 0 atom stereocenters. The first-order chi connectivity index (χ1) is 18.5. The Balaban J connectivity index is 1.96. The highest BCUT2D eigenvalue weighted by molar-refractivity contribution is 6.06. The van der Waals surface area contributed by atoms with Gasteiger partial charge in [-0.25, -0.2) is 0 Å². The second kappa shape index (κ2) is 12.5. The van der Waals surface area contributed by atoms with Gasteiger partial charge in [0.1, 0.15) is 17.3 Å². The van der Waals surface area contributed by atoms with Crippen LogP contribution in [0.15, 0.2) is 24.3 Å². The number of ether oxygens (including phenoxy) is 2. The Labute approximate surface area is 231 Å². The highest BCUT2D eigenvalue weighted by Gasteiger charge is 2.30. The summed E-state index contributed by atoms with van der Waals surface area (Å²) >= 11 is 0. The molecule has 1 amide bonds. The Hall–Kier alpha value is -3.59. The molecule has 9 heteroatoms. The van der Waals surface area contributed by atoms with Crippen molar-refractivity contribution in [3.8, 4) is 11.5 Å². The van der Waals surface area contributed by atoms with Crippen LogP contribution in [0.25, 0.3) is 0 Å². The number of hydrogen-bond acceptors (Lipinski definition) is 7. The van der Waals surface area contributed by atoms with Crippen LogP contribution in [-0.2, 0) is 23.2 Å². The van der Waals surface area contributed by atoms with Gasteiger partial charge in [0.2, 0.25) is 5.91 Å². The van der Waals surface area contributed by atoms with Gasteiger partial charge in [-0.3, -0.25) is 15.0 Å². The molecule has 1 heterocycles. The Bertz CT molecular complexity index is 1230. The molecule has 3 N–H and O–H groups in total. The highest BCUT2D eigenvalue weighted by atomic mass is 16.5. The third-order valence-corrected chi connectivity index (χ3v) is 6.98. The molecule has 0 saturated carbocycles. The molecular formula is C30H42N4O5. The maximum absolute atomic E-state index is 13.7. The van der Waals surface area contributed by atoms with Crippen molar-refractivity contribution in [1.29, 1.82) is 5.41 Å². The second-order valence-electron chi connectivity index (χ2n) is 10.7. The number of nitrogens with zero attached hydrogens (tertiary/aromatic N) is 2. The predicted octanol–water partition coefficient (Wildman–Crippen LogP) is 3.52. The number of carbonyl (C=O) groups is 2. The van der Waals surface area contributed by atoms with Gasteiger partial charge in [0.25, 0.3) is 0 Å². The molecule has 39 heavy (non-hydrogen) atoms. The first kappa shape index (κ1) is 30.0. The van der Waals surface area contributed by atoms with Gasteiger partial charge in [-0.1, -0.05) is 20.8 Å². The van der Waals surface area contributed by atoms with Crippen molar-refractivity contribution in [2.45, 2.75) is 53.0 Å². The minimum Gasteiger partial charge on any atom is -0.494 e. The topological polar surface area (TPSA) is 115 Å². The molecule has 9 nitrogen and oxygen atoms in total. The molecule has 3 rings (SSSR count). The minimum absolute atomic E-state index is 0.0190. The number of methoxy groups -OCH3 is 1. The predicted molar refractivity (Wildman–Crippen MR) is 154 cm³/mol. The van der Waals surface area contributed by atoms with Crippen molar-refractivity contribution in [3.63, 3.8) is 0 Å². The van der Waals surface area contributed by atoms with Crippen LogP contribution in [0.1, 0.15) is 67.2 Å². The molecule has 0 saturated heterocycles. The lowest BCUT2D eigenvalue weighted by Gasteiger charge is -2.30. The van der Waals surface area contributed by atoms with E-state index in [1.165, 1.54) is 0 Å². The number of hydrogen-bond donors (Lipinski definition) is 3. The third kappa shape index (κ3) is 6.53. The van der Waals surface area contributed by atoms with Crippen molar-refractivity contribution in [2.24, 2.45) is 0 Å². The van der Waals surface area contributed by atoms with E-state index in [0.29, 0.717) is 54.4 Å². The van der Waals surface area contributed by atoms with Crippen molar-refractivity contribution >= 4 is 23.2 Å². The summed E-state index contributed by atoms with van der Waals surface area (Å²) in [5.41, 5.74) is 4.23. The largest absolute Gasteiger partial charge is 0.494 e. The number of nitrogens with one attached hydrogen (secondary N) is 2. The van der Waals surface area contributed by atoms with Crippen LogP contribution in [-0.4, -0.2) is 74.5 Å². The first-order valence-corrected chi connectivity index (χ1v) is 13.4. The van der Waals surface area contributed by atoms with Gasteiger partial charge < -0.3 is 29.7 Å². The van der Waals surface area contributed by atoms with E-state index in [1.807, 2.05) is 43.0 Å². The lowest BCUT2D eigenvalue weighted by atomic mass is 9.84. The van der Waals surface area contributed by atoms with Crippen molar-refractivity contribution in [2.75, 3.05) is 51.9 Å². The molecule has 1 aliphatic heterocycles. The van der Waals surface area contributed by atoms with Gasteiger partial charge in [-0.15, -0.1) is 0 Å². The molecular weight excluding hydrogens is 496 g/mol. The Kier molecular flexibility index (Phi) is 9.61. The lowest BCUT2D eigenvalue weighted by molar-refractivity contribution is -0.119. The van der Waals surface area contributed by atoms with Gasteiger partial charge in [-0.05, 0) is 49.1 Å². The summed E-state index contributed by atoms with van der Waals surface area (Å²) in [6.07, 6.45) is 0.150. The summed E-state index contributed by atoms with van der Waals surface area (Å²) in [6.45, 7) is 12.0. The number of aliphatic hydroxyl groups is 1. The van der Waals surface area contributed by atoms with Gasteiger partial charge >= 0.3 is 0 Å². The van der Waals surface area contributed by atoms with Crippen LogP contribution in [0.5, 0.6) is 11.5 Å². The number of benzene rings is 2. The Morgan fingerprint density at radius 2 is 1.90 bits per heavy atom. The van der Waals surface area contributed by atoms with E-state index in [9.17, 15) is 14.7 Å². The van der Waals surface area contributed by atoms with E-state index >= 15 is 0 Å². The zero-order valence-corrected chi connectivity index (χ0v) is 24.2. The number of ketones is 1. The van der Waals surface area contributed by atoms with Crippen LogP contribution in [0, 0.1) is 5.41 Å². The van der Waals surface area contributed by atoms with Gasteiger partial charge in [-0.2, -0.15) is 0 Å². The number of amides is 1. The van der Waals surface area contributed by atoms with Crippen molar-refractivity contribution < 1.29 is 24.2 Å². The van der Waals surface area contributed by atoms with Crippen LogP contribution in [0.3, 0.4) is 0 Å². The molecule has 1 aliphatic rings. The summed E-state index contributed by atoms with van der Waals surface area (Å²) in [7, 11) is 3.21. The maximum atomic E-state index is 13.7. The molecule has 2 aromatic rings. The minimum atomic E-state index is -0.289. The summed E-state index contributed by atoms with van der Waals surface area (Å²) in [5, 5.41) is 21.1. The number of Topliss-reactive ketones (excluding diaryl/α,β-unsaturated/α-hetero) is 1. The molecule has 212 valence electrons. The zero-order valence-electron chi connectivity index (χ0n) is 24.2. The number of fused-ring (bicyclic) bond motifs is 1. The van der Waals surface area contributed by atoms with Gasteiger partial charge in [0, 0.05) is 48.9 Å². The number of amidine groups is 1. The van der Waals surface area contributed by atoms with Crippen LogP contribution >= 0.6 is 0 Å². The van der Waals surface area contributed by atoms with Gasteiger partial charge in [0.15, 0.2) is 5.78 Å². The van der Waals surface area contributed by atoms with E-state index in [4.69, 9.17) is 14.9 Å². The normalized spacial score (nSPS) is 12.8. The Morgan fingerprint density at radius 1 is 1.18 bits per heavy atom. The van der Waals surface area contributed by atoms with Crippen molar-refractivity contribution in [1.82, 2.24) is 10.2 Å². The molecule has 2 aromatic carbocycles. The third-order valence-electron chi connectivity index (χ3n) is 6.98. The second-order valence-corrected chi connectivity index (χ2v) is 10.7. The fourth-order valence-electron chi connectivity index (χ4n) is 4.91. The monoisotopic (exact) mass is 538 g/mol. The van der Waals surface area contributed by atoms with E-state index < -0.39 is 0 Å². The lowest BCUT2D eigenvalue weighted by Crippen LogP contribution is -2.31. The Morgan fingerprint density at radius 3 is 2.46 bits per heavy atom. The number of carbonyl (C=O) groups excluding carboxylic acids is 2. The van der Waals surface area contributed by atoms with Crippen LogP contribution in [0.4, 0.5) is 5.69 Å². The maximum Gasteiger partial charge on any atom is 0.224 e. The SMILES string of the molecule is CCOc1cc2c(cc1CC(=O)NC)C(=N)N(CC(=O)c1cc(N(CC)CCO)c(OC)c(C(C)(C)C)c1)C2. The summed E-state index contributed by atoms with van der Waals surface area (Å²) in [6, 6.07) is 7.43. The molecule has 0 unspecified atom stereocenters. The standard InChI is InChI=1S/C30H42N4O5/c1-8-33(10-11-35)24-14-19(13-23(28(24)38-7)30(3,4)5)25(36)18-34-17-21-15-26(39-9-2)20(16-27(37)32-6)12-22(21)29(34)31/h12-15,31,35H,8-11,16-18H2,1-7H3,(H,32,37). The highest BCUT2D eigenvalue weighted by Crippen LogP contribution is 2.40. The van der Waals surface area contributed by atoms with Crippen LogP contribution < -0.4 is 19.7 Å². The molecule has 0 radical (unpaired) electrons. The summed E-state index contributed by atoms with van der Waals surface area (Å²) in [4.78, 5) is 29.5. The summed E-state index contributed by atoms with van der Waals surface area (Å²) < 4.78 is 11.6. The molecule has 0 aliphatic carbocycles. The molecule has 0 aromatic heterocycles. The average Bonchev–Trinajstić information content (AvgIpc) is 3.19. The van der Waals surface area contributed by atoms with Crippen molar-refractivity contribution in [3.05, 3.63) is 52.1 Å². The number of aliphatic hydroxyl groups excluding tert-OH is 1. The smallest absolute Gasteiger partial charge is 0.224 e. The molecule has 0 bridgehead atoms. The molecule has 0 fully saturated rings.